The van der Waals surface area contributed by atoms with E-state index < -0.39 is 5.91 Å². The third kappa shape index (κ3) is 4.53. The van der Waals surface area contributed by atoms with Crippen LogP contribution < -0.4 is 5.43 Å². The number of nitrogens with one attached hydrogen (secondary N) is 1. The summed E-state index contributed by atoms with van der Waals surface area (Å²) in [6, 6.07) is 14.0. The largest absolute Gasteiger partial charge is 0.455 e. The minimum atomic E-state index is -0.464. The number of furan rings is 2. The van der Waals surface area contributed by atoms with E-state index in [0.717, 1.165) is 13.4 Å². The van der Waals surface area contributed by atoms with Gasteiger partial charge in [-0.25, -0.2) is 5.43 Å². The fraction of sp³-hybridized carbons (Fsp3) is 0. The lowest BCUT2D eigenvalue weighted by molar-refractivity contribution is 0.0929. The van der Waals surface area contributed by atoms with Gasteiger partial charge in [0.15, 0.2) is 5.76 Å². The standard InChI is InChI=1S/C20H10BrCl2IN2O3/c21-11-5-10-6-18(29-19(10)16(24)7-11)20(27)26-25-9-13-2-4-17(28-13)14-8-12(22)1-3-15(14)23/h1-9H,(H,26,27)/b25-9-. The van der Waals surface area contributed by atoms with Gasteiger partial charge in [0.1, 0.15) is 17.1 Å². The van der Waals surface area contributed by atoms with Crippen molar-refractivity contribution in [2.45, 2.75) is 0 Å². The van der Waals surface area contributed by atoms with Crippen molar-refractivity contribution in [2.24, 2.45) is 5.10 Å². The zero-order valence-corrected chi connectivity index (χ0v) is 19.6. The van der Waals surface area contributed by atoms with Gasteiger partial charge in [-0.2, -0.15) is 5.10 Å². The van der Waals surface area contributed by atoms with E-state index in [0.29, 0.717) is 32.7 Å². The highest BCUT2D eigenvalue weighted by atomic mass is 127. The van der Waals surface area contributed by atoms with Crippen LogP contribution in [0.1, 0.15) is 16.3 Å². The van der Waals surface area contributed by atoms with E-state index in [1.54, 1.807) is 36.4 Å². The summed E-state index contributed by atoms with van der Waals surface area (Å²) < 4.78 is 13.1. The molecule has 0 fully saturated rings. The molecule has 1 amide bonds. The molecular weight excluding hydrogens is 594 g/mol. The van der Waals surface area contributed by atoms with Crippen molar-refractivity contribution in [3.05, 3.63) is 78.1 Å². The molecule has 2 aromatic carbocycles. The van der Waals surface area contributed by atoms with Crippen molar-refractivity contribution >= 4 is 84.8 Å². The monoisotopic (exact) mass is 602 g/mol. The van der Waals surface area contributed by atoms with E-state index in [1.807, 2.05) is 12.1 Å². The molecule has 0 radical (unpaired) electrons. The Morgan fingerprint density at radius 3 is 2.76 bits per heavy atom. The maximum absolute atomic E-state index is 12.3. The lowest BCUT2D eigenvalue weighted by Crippen LogP contribution is -2.16. The van der Waals surface area contributed by atoms with Gasteiger partial charge in [-0.1, -0.05) is 39.1 Å². The molecule has 0 aliphatic carbocycles. The van der Waals surface area contributed by atoms with Crippen molar-refractivity contribution in [3.8, 4) is 11.3 Å². The molecule has 0 spiro atoms. The summed E-state index contributed by atoms with van der Waals surface area (Å²) in [5.41, 5.74) is 3.75. The molecule has 0 aliphatic rings. The molecule has 0 atom stereocenters. The van der Waals surface area contributed by atoms with E-state index in [-0.39, 0.29) is 5.76 Å². The first kappa shape index (κ1) is 20.5. The van der Waals surface area contributed by atoms with E-state index >= 15 is 0 Å². The fourth-order valence-corrected chi connectivity index (χ4v) is 4.69. The number of hydrogen-bond donors (Lipinski definition) is 1. The van der Waals surface area contributed by atoms with Crippen LogP contribution in [0.15, 0.2) is 66.9 Å². The summed E-state index contributed by atoms with van der Waals surface area (Å²) in [5.74, 6) is 0.690. The maximum Gasteiger partial charge on any atom is 0.307 e. The van der Waals surface area contributed by atoms with Crippen LogP contribution in [0.5, 0.6) is 0 Å². The Labute approximate surface area is 197 Å². The maximum atomic E-state index is 12.3. The molecule has 0 saturated carbocycles. The van der Waals surface area contributed by atoms with Crippen LogP contribution in [0, 0.1) is 3.57 Å². The number of halogens is 4. The summed E-state index contributed by atoms with van der Waals surface area (Å²) in [6.45, 7) is 0. The molecule has 2 aromatic heterocycles. The second kappa shape index (κ2) is 8.51. The van der Waals surface area contributed by atoms with Crippen molar-refractivity contribution < 1.29 is 13.6 Å². The van der Waals surface area contributed by atoms with Gasteiger partial charge < -0.3 is 8.83 Å². The third-order valence-electron chi connectivity index (χ3n) is 3.94. The smallest absolute Gasteiger partial charge is 0.307 e. The van der Waals surface area contributed by atoms with E-state index in [9.17, 15) is 4.79 Å². The SMILES string of the molecule is O=C(N/N=C\c1ccc(-c2cc(Cl)ccc2Cl)o1)c1cc2cc(Br)cc(I)c2o1. The molecule has 0 unspecified atom stereocenters. The first-order valence-corrected chi connectivity index (χ1v) is 10.8. The van der Waals surface area contributed by atoms with Crippen LogP contribution in [0.25, 0.3) is 22.3 Å². The topological polar surface area (TPSA) is 67.7 Å². The number of benzene rings is 2. The first-order chi connectivity index (χ1) is 13.9. The highest BCUT2D eigenvalue weighted by molar-refractivity contribution is 14.1. The zero-order chi connectivity index (χ0) is 20.5. The van der Waals surface area contributed by atoms with Gasteiger partial charge >= 0.3 is 5.91 Å². The summed E-state index contributed by atoms with van der Waals surface area (Å²) in [5, 5.41) is 5.82. The average Bonchev–Trinajstić information content (AvgIpc) is 3.31. The third-order valence-corrected chi connectivity index (χ3v) is 5.76. The van der Waals surface area contributed by atoms with E-state index in [4.69, 9.17) is 32.0 Å². The van der Waals surface area contributed by atoms with Gasteiger partial charge in [-0.3, -0.25) is 4.79 Å². The second-order valence-corrected chi connectivity index (χ2v) is 8.86. The molecule has 146 valence electrons. The molecule has 4 aromatic rings. The normalized spacial score (nSPS) is 11.4. The number of carbonyl (C=O) groups is 1. The van der Waals surface area contributed by atoms with Crippen LogP contribution in [0.3, 0.4) is 0 Å². The van der Waals surface area contributed by atoms with Gasteiger partial charge in [0.25, 0.3) is 0 Å². The van der Waals surface area contributed by atoms with Crippen molar-refractivity contribution in [1.29, 1.82) is 0 Å². The van der Waals surface area contributed by atoms with Crippen LogP contribution >= 0.6 is 61.7 Å². The van der Waals surface area contributed by atoms with Crippen LogP contribution in [0.2, 0.25) is 10.0 Å². The number of hydrogen-bond acceptors (Lipinski definition) is 4. The summed E-state index contributed by atoms with van der Waals surface area (Å²) in [6.07, 6.45) is 1.39. The molecule has 4 rings (SSSR count). The number of hydrazone groups is 1. The zero-order valence-electron chi connectivity index (χ0n) is 14.4. The van der Waals surface area contributed by atoms with E-state index in [1.165, 1.54) is 6.21 Å². The van der Waals surface area contributed by atoms with Crippen molar-refractivity contribution in [1.82, 2.24) is 5.43 Å². The molecule has 9 heteroatoms. The Morgan fingerprint density at radius 1 is 1.10 bits per heavy atom. The van der Waals surface area contributed by atoms with Crippen LogP contribution in [-0.2, 0) is 0 Å². The molecule has 0 bridgehead atoms. The lowest BCUT2D eigenvalue weighted by atomic mass is 10.2. The number of nitrogens with zero attached hydrogens (tertiary/aromatic N) is 1. The summed E-state index contributed by atoms with van der Waals surface area (Å²) in [4.78, 5) is 12.3. The highest BCUT2D eigenvalue weighted by Crippen LogP contribution is 2.31. The molecule has 0 saturated heterocycles. The predicted octanol–water partition coefficient (Wildman–Crippen LogP) is 7.13. The Hall–Kier alpha value is -1.81. The van der Waals surface area contributed by atoms with Crippen molar-refractivity contribution in [2.75, 3.05) is 0 Å². The van der Waals surface area contributed by atoms with E-state index in [2.05, 4.69) is 49.0 Å². The second-order valence-electron chi connectivity index (χ2n) is 5.94. The highest BCUT2D eigenvalue weighted by Gasteiger charge is 2.14. The van der Waals surface area contributed by atoms with Crippen LogP contribution in [-0.4, -0.2) is 12.1 Å². The Kier molecular flexibility index (Phi) is 6.00. The van der Waals surface area contributed by atoms with Gasteiger partial charge in [0.2, 0.25) is 0 Å². The number of rotatable bonds is 4. The van der Waals surface area contributed by atoms with Gasteiger partial charge in [-0.15, -0.1) is 0 Å². The van der Waals surface area contributed by atoms with Gasteiger partial charge in [-0.05, 0) is 71.1 Å². The predicted molar refractivity (Wildman–Crippen MR) is 126 cm³/mol. The van der Waals surface area contributed by atoms with Gasteiger partial charge in [0.05, 0.1) is 14.8 Å². The number of amides is 1. The minimum absolute atomic E-state index is 0.166. The fourth-order valence-electron chi connectivity index (χ4n) is 2.65. The Balaban J connectivity index is 1.48. The molecule has 0 aliphatic heterocycles. The van der Waals surface area contributed by atoms with Crippen LogP contribution in [0.4, 0.5) is 0 Å². The van der Waals surface area contributed by atoms with Crippen molar-refractivity contribution in [3.63, 3.8) is 0 Å². The minimum Gasteiger partial charge on any atom is -0.455 e. The quantitative estimate of drug-likeness (QED) is 0.153. The molecule has 1 N–H and O–H groups in total. The van der Waals surface area contributed by atoms with Gasteiger partial charge in [0, 0.05) is 20.4 Å². The molecule has 5 nitrogen and oxygen atoms in total. The summed E-state index contributed by atoms with van der Waals surface area (Å²) >= 11 is 17.8. The molecule has 29 heavy (non-hydrogen) atoms. The first-order valence-electron chi connectivity index (χ1n) is 8.18. The summed E-state index contributed by atoms with van der Waals surface area (Å²) in [7, 11) is 0. The number of fused-ring (bicyclic) bond motifs is 1. The Morgan fingerprint density at radius 2 is 1.93 bits per heavy atom. The number of carbonyl (C=O) groups excluding carboxylic acids is 1. The Bertz CT molecular complexity index is 1270. The molecular formula is C20H10BrCl2IN2O3. The average molecular weight is 604 g/mol. The molecule has 2 heterocycles. The lowest BCUT2D eigenvalue weighted by Gasteiger charge is -2.01.